The maximum Gasteiger partial charge on any atom is 0.334 e. The average molecular weight is 276 g/mol. The van der Waals surface area contributed by atoms with Gasteiger partial charge in [-0.3, -0.25) is 4.79 Å². The number of hydrogen-bond acceptors (Lipinski definition) is 5. The molecule has 1 aliphatic heterocycles. The topological polar surface area (TPSA) is 83.8 Å². The molecule has 1 saturated heterocycles. The molecule has 20 heavy (non-hydrogen) atoms. The van der Waals surface area contributed by atoms with Crippen molar-refractivity contribution in [2.45, 2.75) is 25.6 Å². The summed E-state index contributed by atoms with van der Waals surface area (Å²) in [6, 6.07) is 0. The predicted molar refractivity (Wildman–Crippen MR) is 69.5 cm³/mol. The molecule has 0 radical (unpaired) electrons. The number of ketones is 1. The molecule has 3 aliphatic rings. The number of fused-ring (bicyclic) bond motifs is 3. The predicted octanol–water partition coefficient (Wildman–Crippen LogP) is 0.283. The molecule has 0 aromatic carbocycles. The lowest BCUT2D eigenvalue weighted by molar-refractivity contribution is -0.140. The first-order valence-corrected chi connectivity index (χ1v) is 6.58. The molecule has 1 heterocycles. The smallest absolute Gasteiger partial charge is 0.334 e. The lowest BCUT2D eigenvalue weighted by atomic mass is 9.82. The zero-order valence-corrected chi connectivity index (χ0v) is 11.1. The second-order valence-electron chi connectivity index (χ2n) is 5.61. The molecule has 4 atom stereocenters. The summed E-state index contributed by atoms with van der Waals surface area (Å²) in [7, 11) is 0. The van der Waals surface area contributed by atoms with E-state index in [0.29, 0.717) is 17.6 Å². The summed E-state index contributed by atoms with van der Waals surface area (Å²) in [5.41, 5.74) is 2.11. The number of esters is 1. The Labute approximate surface area is 116 Å². The fraction of sp³-hybridized carbons (Fsp3) is 0.467. The van der Waals surface area contributed by atoms with Crippen LogP contribution in [0.25, 0.3) is 0 Å². The van der Waals surface area contributed by atoms with Crippen molar-refractivity contribution in [1.29, 1.82) is 0 Å². The summed E-state index contributed by atoms with van der Waals surface area (Å²) >= 11 is 0. The van der Waals surface area contributed by atoms with E-state index in [1.165, 1.54) is 6.08 Å². The van der Waals surface area contributed by atoms with Crippen molar-refractivity contribution in [1.82, 2.24) is 0 Å². The monoisotopic (exact) mass is 276 g/mol. The number of ether oxygens (including phenoxy) is 1. The van der Waals surface area contributed by atoms with Crippen molar-refractivity contribution in [3.63, 3.8) is 0 Å². The van der Waals surface area contributed by atoms with E-state index >= 15 is 0 Å². The number of allylic oxidation sites excluding steroid dienone is 1. The van der Waals surface area contributed by atoms with E-state index < -0.39 is 30.0 Å². The van der Waals surface area contributed by atoms with Gasteiger partial charge in [0.05, 0.1) is 18.6 Å². The molecule has 5 heteroatoms. The van der Waals surface area contributed by atoms with Gasteiger partial charge < -0.3 is 14.9 Å². The van der Waals surface area contributed by atoms with Gasteiger partial charge >= 0.3 is 5.97 Å². The molecule has 0 amide bonds. The van der Waals surface area contributed by atoms with Crippen LogP contribution in [0.3, 0.4) is 0 Å². The fourth-order valence-electron chi connectivity index (χ4n) is 3.55. The summed E-state index contributed by atoms with van der Waals surface area (Å²) in [4.78, 5) is 23.8. The highest BCUT2D eigenvalue weighted by atomic mass is 16.6. The second kappa shape index (κ2) is 4.40. The van der Waals surface area contributed by atoms with Gasteiger partial charge in [-0.2, -0.15) is 0 Å². The van der Waals surface area contributed by atoms with Gasteiger partial charge in [-0.05, 0) is 25.0 Å². The Kier molecular flexibility index (Phi) is 2.92. The number of rotatable bonds is 1. The number of hydrogen-bond donors (Lipinski definition) is 2. The third-order valence-electron chi connectivity index (χ3n) is 4.45. The molecule has 5 nitrogen and oxygen atoms in total. The number of aliphatic hydroxyl groups excluding tert-OH is 2. The van der Waals surface area contributed by atoms with Crippen LogP contribution >= 0.6 is 0 Å². The van der Waals surface area contributed by atoms with Crippen molar-refractivity contribution >= 4 is 11.8 Å². The molecule has 0 aromatic rings. The lowest BCUT2D eigenvalue weighted by Crippen LogP contribution is -2.34. The van der Waals surface area contributed by atoms with Gasteiger partial charge in [0.25, 0.3) is 0 Å². The molecule has 0 bridgehead atoms. The Morgan fingerprint density at radius 1 is 1.45 bits per heavy atom. The Morgan fingerprint density at radius 3 is 2.80 bits per heavy atom. The molecule has 2 aliphatic carbocycles. The lowest BCUT2D eigenvalue weighted by Gasteiger charge is -2.25. The van der Waals surface area contributed by atoms with Crippen LogP contribution in [0, 0.1) is 11.8 Å². The number of aliphatic hydroxyl groups is 2. The van der Waals surface area contributed by atoms with Crippen LogP contribution in [0.15, 0.2) is 34.9 Å². The van der Waals surface area contributed by atoms with Crippen LogP contribution in [0.1, 0.15) is 13.3 Å². The van der Waals surface area contributed by atoms with E-state index in [-0.39, 0.29) is 18.0 Å². The number of carbonyl (C=O) groups is 2. The molecule has 0 unspecified atom stereocenters. The third-order valence-corrected chi connectivity index (χ3v) is 4.45. The van der Waals surface area contributed by atoms with Crippen LogP contribution in [-0.2, 0) is 14.3 Å². The molecule has 0 spiro atoms. The summed E-state index contributed by atoms with van der Waals surface area (Å²) < 4.78 is 5.33. The van der Waals surface area contributed by atoms with Crippen LogP contribution in [0.2, 0.25) is 0 Å². The van der Waals surface area contributed by atoms with E-state index in [1.54, 1.807) is 6.92 Å². The molecule has 0 aromatic heterocycles. The van der Waals surface area contributed by atoms with E-state index in [1.807, 2.05) is 0 Å². The van der Waals surface area contributed by atoms with Crippen LogP contribution in [0.5, 0.6) is 0 Å². The first-order valence-electron chi connectivity index (χ1n) is 6.58. The average Bonchev–Trinajstić information content (AvgIpc) is 2.83. The second-order valence-corrected chi connectivity index (χ2v) is 5.61. The van der Waals surface area contributed by atoms with E-state index in [4.69, 9.17) is 4.74 Å². The zero-order chi connectivity index (χ0) is 14.6. The van der Waals surface area contributed by atoms with Crippen molar-refractivity contribution < 1.29 is 24.5 Å². The maximum absolute atomic E-state index is 12.1. The summed E-state index contributed by atoms with van der Waals surface area (Å²) in [5, 5.41) is 19.7. The van der Waals surface area contributed by atoms with Crippen LogP contribution < -0.4 is 0 Å². The van der Waals surface area contributed by atoms with Crippen molar-refractivity contribution in [3.05, 3.63) is 34.9 Å². The fourth-order valence-corrected chi connectivity index (χ4v) is 3.55. The Balaban J connectivity index is 2.13. The third kappa shape index (κ3) is 1.63. The Morgan fingerprint density at radius 2 is 2.15 bits per heavy atom. The molecule has 0 saturated carbocycles. The van der Waals surface area contributed by atoms with E-state index in [2.05, 4.69) is 6.58 Å². The zero-order valence-electron chi connectivity index (χ0n) is 11.1. The van der Waals surface area contributed by atoms with Gasteiger partial charge in [0.2, 0.25) is 0 Å². The molecular formula is C15H16O5. The van der Waals surface area contributed by atoms with Gasteiger partial charge in [0, 0.05) is 17.1 Å². The minimum atomic E-state index is -0.801. The summed E-state index contributed by atoms with van der Waals surface area (Å²) in [6.45, 7) is 5.23. The first-order chi connectivity index (χ1) is 9.45. The van der Waals surface area contributed by atoms with Crippen LogP contribution in [0.4, 0.5) is 0 Å². The van der Waals surface area contributed by atoms with Crippen molar-refractivity contribution in [2.75, 3.05) is 6.61 Å². The largest absolute Gasteiger partial charge is 0.457 e. The molecule has 106 valence electrons. The number of carbonyl (C=O) groups excluding carboxylic acids is 2. The highest BCUT2D eigenvalue weighted by molar-refractivity contribution is 6.09. The highest BCUT2D eigenvalue weighted by Gasteiger charge is 2.52. The Hall–Kier alpha value is -1.72. The van der Waals surface area contributed by atoms with Crippen molar-refractivity contribution in [3.8, 4) is 0 Å². The van der Waals surface area contributed by atoms with Gasteiger partial charge in [-0.25, -0.2) is 4.79 Å². The normalized spacial score (nSPS) is 36.5. The molecule has 3 rings (SSSR count). The van der Waals surface area contributed by atoms with E-state index in [0.717, 1.165) is 5.57 Å². The van der Waals surface area contributed by atoms with Gasteiger partial charge in [-0.1, -0.05) is 12.2 Å². The van der Waals surface area contributed by atoms with Gasteiger partial charge in [0.15, 0.2) is 5.78 Å². The standard InChI is InChI=1S/C15H16O5/c1-6-3-9(17)12-7(2)15(19)20-14(12)13-8(5-16)4-10(18)11(6)13/h4,9,12-14,16-17H,2-3,5H2,1H3/t9-,12+,13+,14+/m1/s1. The Bertz CT molecular complexity index is 583. The van der Waals surface area contributed by atoms with Crippen LogP contribution in [-0.4, -0.2) is 40.8 Å². The molecule has 2 N–H and O–H groups in total. The highest BCUT2D eigenvalue weighted by Crippen LogP contribution is 2.47. The summed E-state index contributed by atoms with van der Waals surface area (Å²) in [6.07, 6.45) is 0.265. The van der Waals surface area contributed by atoms with Gasteiger partial charge in [-0.15, -0.1) is 0 Å². The summed E-state index contributed by atoms with van der Waals surface area (Å²) in [5.74, 6) is -1.69. The molecular weight excluding hydrogens is 260 g/mol. The minimum absolute atomic E-state index is 0.169. The SMILES string of the molecule is C=C1C(=O)O[C@@H]2[C@H]3C(CO)=CC(=O)C3=C(C)C[C@@H](O)[C@H]12. The first kappa shape index (κ1) is 13.3. The van der Waals surface area contributed by atoms with Gasteiger partial charge in [0.1, 0.15) is 6.10 Å². The minimum Gasteiger partial charge on any atom is -0.457 e. The quantitative estimate of drug-likeness (QED) is 0.531. The van der Waals surface area contributed by atoms with E-state index in [9.17, 15) is 19.8 Å². The maximum atomic E-state index is 12.1. The molecule has 1 fully saturated rings. The van der Waals surface area contributed by atoms with Crippen molar-refractivity contribution in [2.24, 2.45) is 11.8 Å².